The first-order chi connectivity index (χ1) is 8.65. The van der Waals surface area contributed by atoms with Crippen molar-refractivity contribution in [2.24, 2.45) is 0 Å². The molecule has 0 saturated heterocycles. The summed E-state index contributed by atoms with van der Waals surface area (Å²) in [6.07, 6.45) is 0. The minimum atomic E-state index is 1.01. The van der Waals surface area contributed by atoms with Crippen LogP contribution >= 0.6 is 11.8 Å². The van der Waals surface area contributed by atoms with Gasteiger partial charge in [0.2, 0.25) is 0 Å². The Morgan fingerprint density at radius 2 is 1.83 bits per heavy atom. The van der Waals surface area contributed by atoms with E-state index >= 15 is 0 Å². The molecule has 0 spiro atoms. The molecule has 0 N–H and O–H groups in total. The van der Waals surface area contributed by atoms with Crippen LogP contribution in [0.1, 0.15) is 23.6 Å². The van der Waals surface area contributed by atoms with Gasteiger partial charge in [-0.15, -0.1) is 11.8 Å². The SMILES string of the molecule is C=C(C)c1ccc(CSc2cccc(C)c2)cc1. The highest BCUT2D eigenvalue weighted by molar-refractivity contribution is 7.98. The van der Waals surface area contributed by atoms with Gasteiger partial charge in [-0.2, -0.15) is 0 Å². The first-order valence-corrected chi connectivity index (χ1v) is 7.08. The summed E-state index contributed by atoms with van der Waals surface area (Å²) in [5.41, 5.74) is 5.01. The monoisotopic (exact) mass is 254 g/mol. The molecule has 0 aromatic heterocycles. The largest absolute Gasteiger partial charge is 0.121 e. The van der Waals surface area contributed by atoms with Crippen molar-refractivity contribution in [1.29, 1.82) is 0 Å². The molecule has 0 aliphatic rings. The van der Waals surface area contributed by atoms with Crippen molar-refractivity contribution in [2.45, 2.75) is 24.5 Å². The highest BCUT2D eigenvalue weighted by atomic mass is 32.2. The quantitative estimate of drug-likeness (QED) is 0.665. The predicted molar refractivity (Wildman–Crippen MR) is 81.9 cm³/mol. The van der Waals surface area contributed by atoms with Crippen LogP contribution in [-0.2, 0) is 5.75 Å². The Morgan fingerprint density at radius 1 is 1.11 bits per heavy atom. The van der Waals surface area contributed by atoms with E-state index < -0.39 is 0 Å². The zero-order valence-corrected chi connectivity index (χ0v) is 11.8. The first-order valence-electron chi connectivity index (χ1n) is 6.09. The fourth-order valence-corrected chi connectivity index (χ4v) is 2.73. The van der Waals surface area contributed by atoms with Gasteiger partial charge in [0.05, 0.1) is 0 Å². The van der Waals surface area contributed by atoms with Gasteiger partial charge in [0.1, 0.15) is 0 Å². The third-order valence-corrected chi connectivity index (χ3v) is 3.91. The number of benzene rings is 2. The molecule has 0 heterocycles. The third kappa shape index (κ3) is 3.51. The summed E-state index contributed by atoms with van der Waals surface area (Å²) >= 11 is 1.88. The van der Waals surface area contributed by atoms with Crippen molar-refractivity contribution in [2.75, 3.05) is 0 Å². The molecule has 0 unspecified atom stereocenters. The molecule has 2 rings (SSSR count). The molecule has 2 aromatic rings. The van der Waals surface area contributed by atoms with Crippen LogP contribution in [0.3, 0.4) is 0 Å². The van der Waals surface area contributed by atoms with Crippen LogP contribution < -0.4 is 0 Å². The van der Waals surface area contributed by atoms with Gasteiger partial charge in [-0.05, 0) is 37.1 Å². The highest BCUT2D eigenvalue weighted by Crippen LogP contribution is 2.24. The van der Waals surface area contributed by atoms with E-state index in [1.54, 1.807) is 0 Å². The number of hydrogen-bond donors (Lipinski definition) is 0. The number of aryl methyl sites for hydroxylation is 1. The standard InChI is InChI=1S/C17H18S/c1-13(2)16-9-7-15(8-10-16)12-18-17-6-4-5-14(3)11-17/h4-11H,1,12H2,2-3H3. The highest BCUT2D eigenvalue weighted by Gasteiger charge is 1.98. The molecule has 0 aliphatic carbocycles. The maximum absolute atomic E-state index is 3.95. The van der Waals surface area contributed by atoms with Crippen molar-refractivity contribution in [1.82, 2.24) is 0 Å². The predicted octanol–water partition coefficient (Wildman–Crippen LogP) is 5.32. The molecule has 0 atom stereocenters. The third-order valence-electron chi connectivity index (χ3n) is 2.84. The van der Waals surface area contributed by atoms with Crippen molar-refractivity contribution < 1.29 is 0 Å². The van der Waals surface area contributed by atoms with Gasteiger partial charge in [-0.3, -0.25) is 0 Å². The lowest BCUT2D eigenvalue weighted by Crippen LogP contribution is -1.83. The van der Waals surface area contributed by atoms with Gasteiger partial charge in [-0.25, -0.2) is 0 Å². The Balaban J connectivity index is 2.00. The lowest BCUT2D eigenvalue weighted by atomic mass is 10.1. The van der Waals surface area contributed by atoms with Crippen LogP contribution in [0.25, 0.3) is 5.57 Å². The maximum Gasteiger partial charge on any atom is 0.0232 e. The van der Waals surface area contributed by atoms with Crippen molar-refractivity contribution in [3.8, 4) is 0 Å². The normalized spacial score (nSPS) is 10.3. The smallest absolute Gasteiger partial charge is 0.0232 e. The van der Waals surface area contributed by atoms with Crippen molar-refractivity contribution in [3.63, 3.8) is 0 Å². The zero-order valence-electron chi connectivity index (χ0n) is 10.9. The average molecular weight is 254 g/mol. The Labute approximate surface area is 114 Å². The van der Waals surface area contributed by atoms with Gasteiger partial charge in [0.15, 0.2) is 0 Å². The second-order valence-electron chi connectivity index (χ2n) is 4.58. The summed E-state index contributed by atoms with van der Waals surface area (Å²) in [6.45, 7) is 8.12. The van der Waals surface area contributed by atoms with Crippen LogP contribution in [-0.4, -0.2) is 0 Å². The number of allylic oxidation sites excluding steroid dienone is 1. The summed E-state index contributed by atoms with van der Waals surface area (Å²) < 4.78 is 0. The van der Waals surface area contributed by atoms with E-state index in [0.29, 0.717) is 0 Å². The lowest BCUT2D eigenvalue weighted by molar-refractivity contribution is 1.34. The van der Waals surface area contributed by atoms with E-state index in [2.05, 4.69) is 62.0 Å². The first kappa shape index (κ1) is 13.0. The minimum absolute atomic E-state index is 1.01. The molecule has 92 valence electrons. The van der Waals surface area contributed by atoms with Gasteiger partial charge < -0.3 is 0 Å². The Bertz CT molecular complexity index is 538. The zero-order chi connectivity index (χ0) is 13.0. The molecule has 0 radical (unpaired) electrons. The van der Waals surface area contributed by atoms with Crippen molar-refractivity contribution in [3.05, 3.63) is 71.8 Å². The molecule has 0 aliphatic heterocycles. The molecule has 0 amide bonds. The summed E-state index contributed by atoms with van der Waals surface area (Å²) in [5, 5.41) is 0. The lowest BCUT2D eigenvalue weighted by Gasteiger charge is -2.05. The summed E-state index contributed by atoms with van der Waals surface area (Å²) in [4.78, 5) is 1.33. The molecule has 0 bridgehead atoms. The minimum Gasteiger partial charge on any atom is -0.121 e. The van der Waals surface area contributed by atoms with E-state index in [1.807, 2.05) is 18.7 Å². The van der Waals surface area contributed by atoms with Crippen LogP contribution in [0, 0.1) is 6.92 Å². The molecule has 2 aromatic carbocycles. The number of hydrogen-bond acceptors (Lipinski definition) is 1. The van der Waals surface area contributed by atoms with Crippen LogP contribution in [0.2, 0.25) is 0 Å². The molecule has 18 heavy (non-hydrogen) atoms. The fraction of sp³-hybridized carbons (Fsp3) is 0.176. The van der Waals surface area contributed by atoms with E-state index in [1.165, 1.54) is 21.6 Å². The average Bonchev–Trinajstić information content (AvgIpc) is 2.37. The fourth-order valence-electron chi connectivity index (χ4n) is 1.76. The van der Waals surface area contributed by atoms with E-state index in [0.717, 1.165) is 11.3 Å². The second kappa shape index (κ2) is 5.92. The summed E-state index contributed by atoms with van der Waals surface area (Å²) in [6, 6.07) is 17.3. The van der Waals surface area contributed by atoms with Gasteiger partial charge >= 0.3 is 0 Å². The van der Waals surface area contributed by atoms with E-state index in [-0.39, 0.29) is 0 Å². The van der Waals surface area contributed by atoms with Gasteiger partial charge in [0, 0.05) is 10.6 Å². The number of rotatable bonds is 4. The molecule has 1 heteroatoms. The van der Waals surface area contributed by atoms with Gasteiger partial charge in [0.25, 0.3) is 0 Å². The van der Waals surface area contributed by atoms with Gasteiger partial charge in [-0.1, -0.05) is 54.1 Å². The second-order valence-corrected chi connectivity index (χ2v) is 5.63. The Morgan fingerprint density at radius 3 is 2.44 bits per heavy atom. The molecule has 0 saturated carbocycles. The summed E-state index contributed by atoms with van der Waals surface area (Å²) in [5.74, 6) is 1.01. The molecule has 0 nitrogen and oxygen atoms in total. The van der Waals surface area contributed by atoms with E-state index in [9.17, 15) is 0 Å². The van der Waals surface area contributed by atoms with Crippen molar-refractivity contribution >= 4 is 17.3 Å². The Hall–Kier alpha value is -1.47. The Kier molecular flexibility index (Phi) is 4.27. The van der Waals surface area contributed by atoms with Crippen LogP contribution in [0.5, 0.6) is 0 Å². The van der Waals surface area contributed by atoms with E-state index in [4.69, 9.17) is 0 Å². The summed E-state index contributed by atoms with van der Waals surface area (Å²) in [7, 11) is 0. The maximum atomic E-state index is 3.95. The van der Waals surface area contributed by atoms with Crippen LogP contribution in [0.15, 0.2) is 60.0 Å². The molecular weight excluding hydrogens is 236 g/mol. The van der Waals surface area contributed by atoms with Crippen LogP contribution in [0.4, 0.5) is 0 Å². The number of thioether (sulfide) groups is 1. The molecular formula is C17H18S. The topological polar surface area (TPSA) is 0 Å². The molecule has 0 fully saturated rings.